The molecule has 3 N–H and O–H groups in total. The zero-order valence-electron chi connectivity index (χ0n) is 66.0. The molecule has 18 rings (SSSR count). The Morgan fingerprint density at radius 3 is 1.22 bits per heavy atom. The second-order valence-corrected chi connectivity index (χ2v) is 36.8. The minimum absolute atomic E-state index is 0. The van der Waals surface area contributed by atoms with E-state index in [0.29, 0.717) is 5.92 Å². The van der Waals surface area contributed by atoms with Crippen LogP contribution in [0.3, 0.4) is 0 Å². The Balaban J connectivity index is 0.000000145. The van der Waals surface area contributed by atoms with Crippen LogP contribution < -0.4 is 16.0 Å². The van der Waals surface area contributed by atoms with Gasteiger partial charge >= 0.3 is 6.09 Å². The Hall–Kier alpha value is -6.39. The lowest BCUT2D eigenvalue weighted by Crippen LogP contribution is -2.46. The van der Waals surface area contributed by atoms with E-state index in [1.54, 1.807) is 27.7 Å². The number of allylic oxidation sites excluding steroid dienone is 2. The first kappa shape index (κ1) is 76.0. The van der Waals surface area contributed by atoms with Gasteiger partial charge in [-0.1, -0.05) is 135 Å². The van der Waals surface area contributed by atoms with Crippen LogP contribution in [0.2, 0.25) is 0 Å². The first-order valence-electron chi connectivity index (χ1n) is 42.7. The van der Waals surface area contributed by atoms with Gasteiger partial charge < -0.3 is 50.1 Å². The Kier molecular flexibility index (Phi) is 23.4. The van der Waals surface area contributed by atoms with Crippen molar-refractivity contribution in [1.29, 1.82) is 0 Å². The van der Waals surface area contributed by atoms with Gasteiger partial charge in [-0.2, -0.15) is 0 Å². The molecule has 5 saturated heterocycles. The molecule has 586 valence electrons. The van der Waals surface area contributed by atoms with Crippen molar-refractivity contribution in [2.75, 3.05) is 106 Å². The molecule has 5 unspecified atom stereocenters. The highest BCUT2D eigenvalue weighted by Crippen LogP contribution is 2.57. The Labute approximate surface area is 647 Å². The summed E-state index contributed by atoms with van der Waals surface area (Å²) in [5, 5.41) is 9.56. The van der Waals surface area contributed by atoms with Crippen LogP contribution in [0, 0.1) is 47.3 Å². The van der Waals surface area contributed by atoms with Crippen molar-refractivity contribution in [1.82, 2.24) is 45.3 Å². The van der Waals surface area contributed by atoms with Crippen molar-refractivity contribution >= 4 is 29.7 Å². The molecule has 9 fully saturated rings. The molecule has 4 aromatic rings. The lowest BCUT2D eigenvalue weighted by Gasteiger charge is -2.42. The van der Waals surface area contributed by atoms with Gasteiger partial charge in [0.25, 0.3) is 0 Å². The number of hydrogen-bond donors (Lipinski definition) is 3. The number of carbonyl (C=O) groups excluding carboxylic acids is 5. The van der Waals surface area contributed by atoms with Gasteiger partial charge in [0.1, 0.15) is 0 Å². The van der Waals surface area contributed by atoms with Crippen LogP contribution in [-0.4, -0.2) is 165 Å². The summed E-state index contributed by atoms with van der Waals surface area (Å²) in [5.41, 5.74) is 12.5. The number of piperidine rings is 5. The van der Waals surface area contributed by atoms with Gasteiger partial charge in [-0.05, 0) is 279 Å². The summed E-state index contributed by atoms with van der Waals surface area (Å²) in [4.78, 5) is 73.3. The van der Waals surface area contributed by atoms with Crippen molar-refractivity contribution in [2.45, 2.75) is 234 Å². The standard InChI is InChI=1S/C24H34N2O.C23H33N3O3.C23H30N2O.C22H32N2O.4H2/c1-17(27)25(2)23-15-24(22-6-4-3-5-21(22)23)9-11-26(12-10-24)16-20-14-18-7-8-19(20)13-18;1-17(27)24-21-15-23(20-6-4-3-5-19(20)21)9-13-25(14-10-23)16-18-7-11-26(12-8-18)22(28)29-2;1-16(26)24-22-14-23(21-5-3-2-4-20(21)22)8-10-25(11-9-23)15-19-13-17-6-7-18(19)12-17;1-17(25)23-21-15-22(20-10-6-5-9-19(20)21)11-13-24(14-12-22)16-18-7-3-2-4-8-18;;;;/h3-6,18-20,23H,7-16H2,1-2H3;3-6,18,21H,7-16H2,1-2H3,(H,24,27);2-7,17-19,22H,8-15H2,1H3,(H,24,26);5-6,9-10,18,21H,2-4,7-8,11-16H2,1H3,(H,23,25);4*1H/t18-,19?,20+,23-;21-;;21-;;;;/m00.0..../s1. The van der Waals surface area contributed by atoms with Crippen LogP contribution >= 0.6 is 0 Å². The minimum Gasteiger partial charge on any atom is -0.453 e. The topological polar surface area (TPSA) is 150 Å². The molecule has 0 radical (unpaired) electrons. The van der Waals surface area contributed by atoms with Gasteiger partial charge in [0.05, 0.1) is 31.3 Å². The third-order valence-electron chi connectivity index (χ3n) is 30.4. The van der Waals surface area contributed by atoms with E-state index >= 15 is 0 Å². The fraction of sp³-hybridized carbons (Fsp3) is 0.663. The minimum atomic E-state index is -0.197. The molecular weight excluding hydrogens is 1330 g/mol. The number of nitrogens with zero attached hydrogens (tertiary/aromatic N) is 6. The third kappa shape index (κ3) is 16.5. The van der Waals surface area contributed by atoms with E-state index in [1.165, 1.54) is 220 Å². The van der Waals surface area contributed by atoms with Crippen LogP contribution in [0.25, 0.3) is 0 Å². The smallest absolute Gasteiger partial charge is 0.409 e. The highest BCUT2D eigenvalue weighted by atomic mass is 16.5. The van der Waals surface area contributed by atoms with Gasteiger partial charge in [0, 0.05) is 101 Å². The summed E-state index contributed by atoms with van der Waals surface area (Å²) < 4.78 is 4.84. The molecular formula is C92H137N9O6. The maximum absolute atomic E-state index is 12.0. The Morgan fingerprint density at radius 2 is 0.841 bits per heavy atom. The fourth-order valence-electron chi connectivity index (χ4n) is 24.7. The van der Waals surface area contributed by atoms with Gasteiger partial charge in [-0.15, -0.1) is 0 Å². The molecule has 5 amide bonds. The Bertz CT molecular complexity index is 3810. The molecule has 15 nitrogen and oxygen atoms in total. The highest BCUT2D eigenvalue weighted by molar-refractivity contribution is 5.75. The van der Waals surface area contributed by atoms with Crippen molar-refractivity contribution in [2.24, 2.45) is 47.3 Å². The maximum atomic E-state index is 12.0. The van der Waals surface area contributed by atoms with Crippen molar-refractivity contribution in [3.05, 3.63) is 154 Å². The number of benzene rings is 4. The SMILES string of the molecule is CC(=O)N(C)[C@H]1CC2(CCN(C[C@H]3C[C@H]4CCC3C4)CC2)c2ccccc21.CC(=O)NC1CC2(CCN(CC3CC4C=CC3C4)CC2)c2ccccc21.CC(=O)N[C@H]1CC2(CCN(CC3CCCCC3)CC2)c2ccccc21.COC(=O)N1CCC(CN2CCC3(CC2)C[C@H](NC(C)=O)c2ccccc23)CC1.[HH].[HH].[HH].[HH]. The Morgan fingerprint density at radius 1 is 0.439 bits per heavy atom. The molecule has 5 aliphatic heterocycles. The van der Waals surface area contributed by atoms with Crippen LogP contribution in [0.4, 0.5) is 4.79 Å². The normalized spacial score (nSPS) is 29.8. The zero-order valence-corrected chi connectivity index (χ0v) is 66.0. The van der Waals surface area contributed by atoms with Gasteiger partial charge in [0.15, 0.2) is 0 Å². The average molecular weight is 1470 g/mol. The lowest BCUT2D eigenvalue weighted by molar-refractivity contribution is -0.130. The number of rotatable bonds is 12. The van der Waals surface area contributed by atoms with Crippen LogP contribution in [-0.2, 0) is 45.6 Å². The average Bonchev–Trinajstić information content (AvgIpc) is 1.61. The maximum Gasteiger partial charge on any atom is 0.409 e. The van der Waals surface area contributed by atoms with E-state index in [9.17, 15) is 24.0 Å². The number of ether oxygens (including phenoxy) is 1. The molecule has 15 heteroatoms. The summed E-state index contributed by atoms with van der Waals surface area (Å²) in [5.74, 6) is 7.69. The summed E-state index contributed by atoms with van der Waals surface area (Å²) in [6.45, 7) is 22.8. The molecule has 4 bridgehead atoms. The second-order valence-electron chi connectivity index (χ2n) is 36.8. The van der Waals surface area contributed by atoms with Crippen molar-refractivity contribution in [3.8, 4) is 0 Å². The molecule has 5 heterocycles. The van der Waals surface area contributed by atoms with Crippen LogP contribution in [0.1, 0.15) is 263 Å². The third-order valence-corrected chi connectivity index (χ3v) is 30.4. The first-order valence-corrected chi connectivity index (χ1v) is 42.7. The van der Waals surface area contributed by atoms with E-state index in [2.05, 4.69) is 145 Å². The molecule has 0 aromatic heterocycles. The van der Waals surface area contributed by atoms with Crippen LogP contribution in [0.5, 0.6) is 0 Å². The van der Waals surface area contributed by atoms with Crippen molar-refractivity contribution < 1.29 is 34.4 Å². The second kappa shape index (κ2) is 32.9. The van der Waals surface area contributed by atoms with E-state index in [1.807, 2.05) is 16.8 Å². The molecule has 107 heavy (non-hydrogen) atoms. The first-order chi connectivity index (χ1) is 51.8. The summed E-state index contributed by atoms with van der Waals surface area (Å²) in [6.07, 6.45) is 37.0. The van der Waals surface area contributed by atoms with E-state index < -0.39 is 0 Å². The number of hydrogen-bond acceptors (Lipinski definition) is 10. The number of fused-ring (bicyclic) bond motifs is 12. The fourth-order valence-corrected chi connectivity index (χ4v) is 24.7. The largest absolute Gasteiger partial charge is 0.453 e. The van der Waals surface area contributed by atoms with E-state index in [4.69, 9.17) is 4.74 Å². The quantitative estimate of drug-likeness (QED) is 0.117. The number of methoxy groups -OCH3 is 1. The molecule has 4 spiro atoms. The van der Waals surface area contributed by atoms with Gasteiger partial charge in [-0.25, -0.2) is 4.79 Å². The lowest BCUT2D eigenvalue weighted by atomic mass is 9.73. The summed E-state index contributed by atoms with van der Waals surface area (Å²) >= 11 is 0. The van der Waals surface area contributed by atoms with E-state index in [0.717, 1.165) is 126 Å². The monoisotopic (exact) mass is 1460 g/mol. The number of nitrogens with one attached hydrogen (secondary N) is 3. The van der Waals surface area contributed by atoms with Gasteiger partial charge in [-0.3, -0.25) is 19.2 Å². The molecule has 9 aliphatic carbocycles. The summed E-state index contributed by atoms with van der Waals surface area (Å²) in [7, 11) is 3.43. The number of likely N-dealkylation sites (tertiary alicyclic amines) is 5. The van der Waals surface area contributed by atoms with Crippen molar-refractivity contribution in [3.63, 3.8) is 0 Å². The summed E-state index contributed by atoms with van der Waals surface area (Å²) in [6, 6.07) is 36.1. The molecule has 4 aromatic carbocycles. The zero-order chi connectivity index (χ0) is 74.0. The molecule has 14 aliphatic rings. The number of carbonyl (C=O) groups is 5. The predicted octanol–water partition coefficient (Wildman–Crippen LogP) is 16.4. The van der Waals surface area contributed by atoms with Crippen LogP contribution in [0.15, 0.2) is 109 Å². The predicted molar refractivity (Wildman–Crippen MR) is 434 cm³/mol. The highest BCUT2D eigenvalue weighted by Gasteiger charge is 2.52. The number of amides is 5. The van der Waals surface area contributed by atoms with Gasteiger partial charge in [0.2, 0.25) is 23.6 Å². The molecule has 10 atom stereocenters. The van der Waals surface area contributed by atoms with E-state index in [-0.39, 0.29) is 81.3 Å². The molecule has 4 saturated carbocycles.